The van der Waals surface area contributed by atoms with Crippen LogP contribution >= 0.6 is 0 Å². The number of rotatable bonds is 2. The van der Waals surface area contributed by atoms with Gasteiger partial charge in [0, 0.05) is 18.3 Å². The minimum absolute atomic E-state index is 0.140. The third kappa shape index (κ3) is 1.39. The molecule has 0 aromatic carbocycles. The van der Waals surface area contributed by atoms with Crippen molar-refractivity contribution in [2.45, 2.75) is 26.2 Å². The molecular formula is C11H14N2O. The molecule has 74 valence electrons. The SMILES string of the molecule is CCCc1ccc2c(n1)N(C)C(=O)C2. The van der Waals surface area contributed by atoms with Gasteiger partial charge in [-0.25, -0.2) is 4.98 Å². The van der Waals surface area contributed by atoms with E-state index in [0.717, 1.165) is 29.9 Å². The second kappa shape index (κ2) is 3.40. The van der Waals surface area contributed by atoms with Crippen LogP contribution in [0.25, 0.3) is 0 Å². The zero-order valence-corrected chi connectivity index (χ0v) is 8.58. The molecule has 3 heteroatoms. The summed E-state index contributed by atoms with van der Waals surface area (Å²) in [6.07, 6.45) is 2.57. The highest BCUT2D eigenvalue weighted by Crippen LogP contribution is 2.25. The van der Waals surface area contributed by atoms with Gasteiger partial charge in [-0.3, -0.25) is 9.69 Å². The van der Waals surface area contributed by atoms with E-state index in [-0.39, 0.29) is 5.91 Å². The first kappa shape index (κ1) is 9.19. The van der Waals surface area contributed by atoms with Gasteiger partial charge in [0.15, 0.2) is 0 Å². The fraction of sp³-hybridized carbons (Fsp3) is 0.455. The molecule has 0 N–H and O–H groups in total. The summed E-state index contributed by atoms with van der Waals surface area (Å²) in [6.45, 7) is 2.13. The molecule has 1 aromatic rings. The van der Waals surface area contributed by atoms with Crippen LogP contribution < -0.4 is 4.90 Å². The lowest BCUT2D eigenvalue weighted by Gasteiger charge is -2.09. The number of aromatic nitrogens is 1. The summed E-state index contributed by atoms with van der Waals surface area (Å²) in [5.74, 6) is 0.988. The second-order valence-corrected chi connectivity index (χ2v) is 3.66. The third-order valence-electron chi connectivity index (χ3n) is 2.55. The Hall–Kier alpha value is -1.38. The van der Waals surface area contributed by atoms with Gasteiger partial charge in [-0.1, -0.05) is 19.4 Å². The van der Waals surface area contributed by atoms with Crippen LogP contribution in [-0.2, 0) is 17.6 Å². The van der Waals surface area contributed by atoms with Gasteiger partial charge in [0.2, 0.25) is 5.91 Å². The highest BCUT2D eigenvalue weighted by atomic mass is 16.2. The minimum Gasteiger partial charge on any atom is -0.299 e. The van der Waals surface area contributed by atoms with E-state index in [2.05, 4.69) is 11.9 Å². The quantitative estimate of drug-likeness (QED) is 0.709. The largest absolute Gasteiger partial charge is 0.299 e. The van der Waals surface area contributed by atoms with Gasteiger partial charge in [0.05, 0.1) is 6.42 Å². The van der Waals surface area contributed by atoms with E-state index >= 15 is 0 Å². The maximum atomic E-state index is 11.4. The van der Waals surface area contributed by atoms with Crippen LogP contribution in [0.3, 0.4) is 0 Å². The Balaban J connectivity index is 2.36. The molecule has 1 aliphatic rings. The smallest absolute Gasteiger partial charge is 0.232 e. The number of carbonyl (C=O) groups excluding carboxylic acids is 1. The number of carbonyl (C=O) groups is 1. The molecule has 0 atom stereocenters. The van der Waals surface area contributed by atoms with Gasteiger partial charge in [-0.05, 0) is 12.5 Å². The van der Waals surface area contributed by atoms with Crippen molar-refractivity contribution < 1.29 is 4.79 Å². The molecule has 0 bridgehead atoms. The van der Waals surface area contributed by atoms with Crippen molar-refractivity contribution in [1.82, 2.24) is 4.98 Å². The fourth-order valence-corrected chi connectivity index (χ4v) is 1.74. The Morgan fingerprint density at radius 3 is 3.00 bits per heavy atom. The first-order valence-electron chi connectivity index (χ1n) is 4.97. The molecule has 1 aliphatic heterocycles. The molecule has 1 amide bonds. The molecule has 0 fully saturated rings. The summed E-state index contributed by atoms with van der Waals surface area (Å²) in [5, 5.41) is 0. The van der Waals surface area contributed by atoms with E-state index in [9.17, 15) is 4.79 Å². The topological polar surface area (TPSA) is 33.2 Å². The zero-order chi connectivity index (χ0) is 10.1. The summed E-state index contributed by atoms with van der Waals surface area (Å²) >= 11 is 0. The summed E-state index contributed by atoms with van der Waals surface area (Å²) in [7, 11) is 1.79. The van der Waals surface area contributed by atoms with Gasteiger partial charge in [-0.2, -0.15) is 0 Å². The van der Waals surface area contributed by atoms with Gasteiger partial charge < -0.3 is 0 Å². The molecule has 0 spiro atoms. The highest BCUT2D eigenvalue weighted by molar-refractivity contribution is 5.99. The van der Waals surface area contributed by atoms with Gasteiger partial charge in [0.25, 0.3) is 0 Å². The van der Waals surface area contributed by atoms with E-state index in [0.29, 0.717) is 6.42 Å². The monoisotopic (exact) mass is 190 g/mol. The molecule has 0 unspecified atom stereocenters. The Labute approximate surface area is 83.8 Å². The molecule has 0 saturated heterocycles. The maximum absolute atomic E-state index is 11.4. The molecule has 0 aliphatic carbocycles. The van der Waals surface area contributed by atoms with Crippen LogP contribution in [0, 0.1) is 0 Å². The molecule has 0 radical (unpaired) electrons. The Bertz CT molecular complexity index is 374. The van der Waals surface area contributed by atoms with Crippen molar-refractivity contribution >= 4 is 11.7 Å². The lowest BCUT2D eigenvalue weighted by molar-refractivity contribution is -0.117. The molecule has 14 heavy (non-hydrogen) atoms. The average molecular weight is 190 g/mol. The second-order valence-electron chi connectivity index (χ2n) is 3.66. The number of amides is 1. The Morgan fingerprint density at radius 1 is 1.50 bits per heavy atom. The first-order valence-corrected chi connectivity index (χ1v) is 4.97. The van der Waals surface area contributed by atoms with Crippen molar-refractivity contribution in [3.8, 4) is 0 Å². The Morgan fingerprint density at radius 2 is 2.29 bits per heavy atom. The van der Waals surface area contributed by atoms with Crippen molar-refractivity contribution in [3.05, 3.63) is 23.4 Å². The van der Waals surface area contributed by atoms with Crippen LogP contribution in [-0.4, -0.2) is 17.9 Å². The van der Waals surface area contributed by atoms with Crippen LogP contribution in [0.2, 0.25) is 0 Å². The maximum Gasteiger partial charge on any atom is 0.232 e. The molecular weight excluding hydrogens is 176 g/mol. The zero-order valence-electron chi connectivity index (χ0n) is 8.58. The molecule has 2 heterocycles. The van der Waals surface area contributed by atoms with E-state index in [1.165, 1.54) is 0 Å². The van der Waals surface area contributed by atoms with Crippen LogP contribution in [0.5, 0.6) is 0 Å². The summed E-state index contributed by atoms with van der Waals surface area (Å²) in [6, 6.07) is 4.05. The van der Waals surface area contributed by atoms with Crippen molar-refractivity contribution in [2.75, 3.05) is 11.9 Å². The normalized spacial score (nSPS) is 14.7. The fourth-order valence-electron chi connectivity index (χ4n) is 1.74. The van der Waals surface area contributed by atoms with Crippen molar-refractivity contribution in [1.29, 1.82) is 0 Å². The van der Waals surface area contributed by atoms with E-state index < -0.39 is 0 Å². The lowest BCUT2D eigenvalue weighted by Crippen LogP contribution is -2.21. The number of anilines is 1. The molecule has 3 nitrogen and oxygen atoms in total. The first-order chi connectivity index (χ1) is 6.72. The predicted molar refractivity (Wildman–Crippen MR) is 55.3 cm³/mol. The van der Waals surface area contributed by atoms with Crippen LogP contribution in [0.4, 0.5) is 5.82 Å². The summed E-state index contributed by atoms with van der Waals surface area (Å²) < 4.78 is 0. The number of aryl methyl sites for hydroxylation is 1. The van der Waals surface area contributed by atoms with Crippen molar-refractivity contribution in [2.24, 2.45) is 0 Å². The number of likely N-dealkylation sites (N-methyl/N-ethyl adjacent to an activating group) is 1. The summed E-state index contributed by atoms with van der Waals surface area (Å²) in [4.78, 5) is 17.5. The molecule has 0 saturated carbocycles. The van der Waals surface area contributed by atoms with Gasteiger partial charge in [0.1, 0.15) is 5.82 Å². The van der Waals surface area contributed by atoms with Gasteiger partial charge in [-0.15, -0.1) is 0 Å². The number of hydrogen-bond donors (Lipinski definition) is 0. The average Bonchev–Trinajstić information content (AvgIpc) is 2.45. The lowest BCUT2D eigenvalue weighted by atomic mass is 10.2. The van der Waals surface area contributed by atoms with Crippen LogP contribution in [0.15, 0.2) is 12.1 Å². The molecule has 2 rings (SSSR count). The Kier molecular flexibility index (Phi) is 2.23. The summed E-state index contributed by atoms with van der Waals surface area (Å²) in [5.41, 5.74) is 2.13. The third-order valence-corrected chi connectivity index (χ3v) is 2.55. The van der Waals surface area contributed by atoms with E-state index in [1.807, 2.05) is 12.1 Å². The highest BCUT2D eigenvalue weighted by Gasteiger charge is 2.25. The minimum atomic E-state index is 0.140. The van der Waals surface area contributed by atoms with Crippen molar-refractivity contribution in [3.63, 3.8) is 0 Å². The number of nitrogens with zero attached hydrogens (tertiary/aromatic N) is 2. The van der Waals surface area contributed by atoms with Gasteiger partial charge >= 0.3 is 0 Å². The van der Waals surface area contributed by atoms with E-state index in [1.54, 1.807) is 11.9 Å². The predicted octanol–water partition coefficient (Wildman–Crippen LogP) is 1.55. The van der Waals surface area contributed by atoms with Crippen LogP contribution in [0.1, 0.15) is 24.6 Å². The standard InChI is InChI=1S/C11H14N2O/c1-3-4-9-6-5-8-7-10(14)13(2)11(8)12-9/h5-6H,3-4,7H2,1-2H3. The number of fused-ring (bicyclic) bond motifs is 1. The molecule has 1 aromatic heterocycles. The number of hydrogen-bond acceptors (Lipinski definition) is 2. The number of pyridine rings is 1. The van der Waals surface area contributed by atoms with E-state index in [4.69, 9.17) is 0 Å².